The topological polar surface area (TPSA) is 92.4 Å². The largest absolute Gasteiger partial charge is 0.484 e. The first-order valence-electron chi connectivity index (χ1n) is 11.6. The van der Waals surface area contributed by atoms with Crippen molar-refractivity contribution in [3.63, 3.8) is 0 Å². The van der Waals surface area contributed by atoms with Crippen LogP contribution in [0.1, 0.15) is 45.3 Å². The molecule has 1 aromatic carbocycles. The molecule has 7 heteroatoms. The molecule has 0 radical (unpaired) electrons. The molecule has 0 spiro atoms. The van der Waals surface area contributed by atoms with Crippen molar-refractivity contribution in [2.75, 3.05) is 0 Å². The summed E-state index contributed by atoms with van der Waals surface area (Å²) in [5.74, 6) is 1.69. The number of H-pyrrole nitrogens is 2. The highest BCUT2D eigenvalue weighted by molar-refractivity contribution is 5.79. The maximum atomic E-state index is 6.02. The fourth-order valence-electron chi connectivity index (χ4n) is 3.83. The van der Waals surface area contributed by atoms with Crippen LogP contribution in [0.15, 0.2) is 79.5 Å². The summed E-state index contributed by atoms with van der Waals surface area (Å²) < 4.78 is 6.02. The number of nitrogens with one attached hydrogen (secondary N) is 2. The van der Waals surface area contributed by atoms with Gasteiger partial charge in [-0.2, -0.15) is 0 Å². The summed E-state index contributed by atoms with van der Waals surface area (Å²) in [6.07, 6.45) is 6.97. The molecule has 5 aromatic rings. The van der Waals surface area contributed by atoms with Crippen molar-refractivity contribution in [2.24, 2.45) is 0 Å². The van der Waals surface area contributed by atoms with E-state index in [-0.39, 0.29) is 11.5 Å². The fraction of sp³-hybridized carbons (Fsp3) is 0.214. The highest BCUT2D eigenvalue weighted by Gasteiger charge is 2.23. The zero-order valence-corrected chi connectivity index (χ0v) is 20.3. The summed E-state index contributed by atoms with van der Waals surface area (Å²) in [7, 11) is 0. The number of aromatic amines is 2. The van der Waals surface area contributed by atoms with Gasteiger partial charge in [-0.3, -0.25) is 9.97 Å². The van der Waals surface area contributed by atoms with Gasteiger partial charge in [0.15, 0.2) is 0 Å². The zero-order chi connectivity index (χ0) is 24.4. The van der Waals surface area contributed by atoms with E-state index < -0.39 is 0 Å². The monoisotopic (exact) mass is 464 g/mol. The fourth-order valence-corrected chi connectivity index (χ4v) is 3.83. The Morgan fingerprint density at radius 1 is 0.857 bits per heavy atom. The highest BCUT2D eigenvalue weighted by atomic mass is 16.5. The lowest BCUT2D eigenvalue weighted by molar-refractivity contribution is 0.222. The molecule has 0 saturated heterocycles. The van der Waals surface area contributed by atoms with Gasteiger partial charge in [-0.25, -0.2) is 9.97 Å². The Morgan fingerprint density at radius 3 is 2.34 bits per heavy atom. The van der Waals surface area contributed by atoms with Crippen molar-refractivity contribution in [3.8, 4) is 39.7 Å². The van der Waals surface area contributed by atoms with Crippen molar-refractivity contribution >= 4 is 0 Å². The summed E-state index contributed by atoms with van der Waals surface area (Å²) in [5.41, 5.74) is 6.21. The van der Waals surface area contributed by atoms with E-state index in [0.717, 1.165) is 51.2 Å². The Balaban J connectivity index is 1.46. The van der Waals surface area contributed by atoms with Crippen molar-refractivity contribution < 1.29 is 4.74 Å². The molecule has 7 nitrogen and oxygen atoms in total. The van der Waals surface area contributed by atoms with Gasteiger partial charge in [0.2, 0.25) is 0 Å². The van der Waals surface area contributed by atoms with Gasteiger partial charge in [-0.1, -0.05) is 26.8 Å². The van der Waals surface area contributed by atoms with Crippen LogP contribution in [0.3, 0.4) is 0 Å². The third kappa shape index (κ3) is 4.84. The molecule has 4 aromatic heterocycles. The number of hydrogen-bond donors (Lipinski definition) is 2. The molecule has 4 heterocycles. The normalized spacial score (nSPS) is 12.5. The number of pyridine rings is 2. The Hall–Kier alpha value is -4.26. The first kappa shape index (κ1) is 22.5. The Bertz CT molecular complexity index is 1400. The highest BCUT2D eigenvalue weighted by Crippen LogP contribution is 2.34. The number of aromatic nitrogens is 6. The molecule has 1 unspecified atom stereocenters. The Kier molecular flexibility index (Phi) is 5.91. The summed E-state index contributed by atoms with van der Waals surface area (Å²) in [4.78, 5) is 24.9. The molecule has 0 amide bonds. The predicted molar refractivity (Wildman–Crippen MR) is 137 cm³/mol. The quantitative estimate of drug-likeness (QED) is 0.305. The van der Waals surface area contributed by atoms with E-state index in [9.17, 15) is 0 Å². The van der Waals surface area contributed by atoms with E-state index in [1.54, 1.807) is 12.5 Å². The molecule has 0 aliphatic heterocycles. The summed E-state index contributed by atoms with van der Waals surface area (Å²) >= 11 is 0. The molecule has 35 heavy (non-hydrogen) atoms. The minimum atomic E-state index is -0.143. The standard InChI is InChI=1S/C28H28N6O/c1-18(24-16-29-17-32-24)35-21-10-8-19(9-11-21)23-15-20(12-14-31-23)25-26(22-7-5-6-13-30-22)34-27(33-25)28(2,3)4/h5-18H,1-4H3,(H,29,32)(H,33,34). The smallest absolute Gasteiger partial charge is 0.139 e. The molecule has 0 aliphatic carbocycles. The number of imidazole rings is 2. The van der Waals surface area contributed by atoms with Crippen molar-refractivity contribution in [1.82, 2.24) is 29.9 Å². The number of benzene rings is 1. The van der Waals surface area contributed by atoms with Gasteiger partial charge in [0.1, 0.15) is 17.7 Å². The molecule has 0 saturated carbocycles. The second-order valence-electron chi connectivity index (χ2n) is 9.48. The Morgan fingerprint density at radius 2 is 1.66 bits per heavy atom. The predicted octanol–water partition coefficient (Wildman–Crippen LogP) is 6.36. The number of hydrogen-bond acceptors (Lipinski definition) is 5. The first-order valence-corrected chi connectivity index (χ1v) is 11.6. The van der Waals surface area contributed by atoms with Crippen LogP contribution in [0, 0.1) is 0 Å². The van der Waals surface area contributed by atoms with Gasteiger partial charge in [0.25, 0.3) is 0 Å². The SMILES string of the molecule is CC(Oc1ccc(-c2cc(-c3nc(C(C)(C)C)[nH]c3-c3ccccn3)ccn2)cc1)c1c[nH]cn1. The van der Waals surface area contributed by atoms with Crippen LogP contribution >= 0.6 is 0 Å². The van der Waals surface area contributed by atoms with E-state index >= 15 is 0 Å². The molecule has 176 valence electrons. The van der Waals surface area contributed by atoms with Gasteiger partial charge >= 0.3 is 0 Å². The van der Waals surface area contributed by atoms with Crippen LogP contribution in [-0.4, -0.2) is 29.9 Å². The van der Waals surface area contributed by atoms with E-state index in [1.807, 2.05) is 67.8 Å². The lowest BCUT2D eigenvalue weighted by atomic mass is 9.96. The van der Waals surface area contributed by atoms with Crippen LogP contribution in [0.25, 0.3) is 33.9 Å². The zero-order valence-electron chi connectivity index (χ0n) is 20.3. The summed E-state index contributed by atoms with van der Waals surface area (Å²) in [6.45, 7) is 8.41. The third-order valence-electron chi connectivity index (χ3n) is 5.77. The molecular formula is C28H28N6O. The lowest BCUT2D eigenvalue weighted by Gasteiger charge is -2.14. The van der Waals surface area contributed by atoms with Crippen LogP contribution in [0.2, 0.25) is 0 Å². The van der Waals surface area contributed by atoms with Gasteiger partial charge < -0.3 is 14.7 Å². The lowest BCUT2D eigenvalue weighted by Crippen LogP contribution is -2.13. The van der Waals surface area contributed by atoms with Gasteiger partial charge in [0.05, 0.1) is 34.8 Å². The molecule has 0 fully saturated rings. The molecule has 0 bridgehead atoms. The minimum absolute atomic E-state index is 0.124. The Labute approximate surface area is 204 Å². The van der Waals surface area contributed by atoms with Gasteiger partial charge in [-0.15, -0.1) is 0 Å². The first-order chi connectivity index (χ1) is 16.9. The van der Waals surface area contributed by atoms with Crippen LogP contribution in [0.4, 0.5) is 0 Å². The number of nitrogens with zero attached hydrogens (tertiary/aromatic N) is 4. The van der Waals surface area contributed by atoms with Crippen molar-refractivity contribution in [3.05, 3.63) is 91.0 Å². The molecule has 2 N–H and O–H groups in total. The molecule has 1 atom stereocenters. The average molecular weight is 465 g/mol. The van der Waals surface area contributed by atoms with E-state index in [4.69, 9.17) is 9.72 Å². The van der Waals surface area contributed by atoms with Crippen LogP contribution in [0.5, 0.6) is 5.75 Å². The van der Waals surface area contributed by atoms with E-state index in [0.29, 0.717) is 0 Å². The van der Waals surface area contributed by atoms with E-state index in [1.165, 1.54) is 0 Å². The number of ether oxygens (including phenoxy) is 1. The van der Waals surface area contributed by atoms with Gasteiger partial charge in [0, 0.05) is 35.1 Å². The van der Waals surface area contributed by atoms with Crippen molar-refractivity contribution in [2.45, 2.75) is 39.2 Å². The van der Waals surface area contributed by atoms with Crippen LogP contribution in [-0.2, 0) is 5.41 Å². The summed E-state index contributed by atoms with van der Waals surface area (Å²) in [5, 5.41) is 0. The third-order valence-corrected chi connectivity index (χ3v) is 5.77. The van der Waals surface area contributed by atoms with Crippen LogP contribution < -0.4 is 4.74 Å². The van der Waals surface area contributed by atoms with E-state index in [2.05, 4.69) is 51.8 Å². The molecule has 0 aliphatic rings. The maximum absolute atomic E-state index is 6.02. The molecule has 5 rings (SSSR count). The second-order valence-corrected chi connectivity index (χ2v) is 9.48. The number of rotatable bonds is 6. The minimum Gasteiger partial charge on any atom is -0.484 e. The van der Waals surface area contributed by atoms with Crippen molar-refractivity contribution in [1.29, 1.82) is 0 Å². The average Bonchev–Trinajstić information content (AvgIpc) is 3.56. The second kappa shape index (κ2) is 9.18. The summed E-state index contributed by atoms with van der Waals surface area (Å²) in [6, 6.07) is 17.9. The van der Waals surface area contributed by atoms with Gasteiger partial charge in [-0.05, 0) is 55.5 Å². The molecular weight excluding hydrogens is 436 g/mol. The maximum Gasteiger partial charge on any atom is 0.139 e.